The summed E-state index contributed by atoms with van der Waals surface area (Å²) in [6.45, 7) is 0. The largest absolute Gasteiger partial charge is 0.488 e. The van der Waals surface area contributed by atoms with Crippen LogP contribution in [0.25, 0.3) is 28.2 Å². The van der Waals surface area contributed by atoms with Gasteiger partial charge in [-0.3, -0.25) is 9.55 Å². The zero-order valence-corrected chi connectivity index (χ0v) is 12.4. The first-order valence-corrected chi connectivity index (χ1v) is 7.45. The topological polar surface area (TPSA) is 85.7 Å². The molecule has 0 saturated heterocycles. The van der Waals surface area contributed by atoms with Gasteiger partial charge in [-0.25, -0.2) is 19.7 Å². The first-order valence-electron chi connectivity index (χ1n) is 7.45. The van der Waals surface area contributed by atoms with Crippen molar-refractivity contribution in [3.8, 4) is 11.3 Å². The van der Waals surface area contributed by atoms with E-state index in [1.165, 1.54) is 10.9 Å². The van der Waals surface area contributed by atoms with Crippen molar-refractivity contribution in [1.82, 2.24) is 24.5 Å². The van der Waals surface area contributed by atoms with Crippen LogP contribution in [0.2, 0.25) is 0 Å². The molecular formula is C16H13N5O2. The van der Waals surface area contributed by atoms with E-state index >= 15 is 0 Å². The van der Waals surface area contributed by atoms with Gasteiger partial charge in [0.05, 0.1) is 11.2 Å². The standard InChI is InChI=1S/C16H13N5O2/c1-21-11-6-9(10-2-3-17-7-18-10)14(19-15(11)20-16(21)22)13-5-8-4-12(8)23-13/h2-3,5-8,12H,4H2,1H3,(H,19,20,22). The lowest BCUT2D eigenvalue weighted by molar-refractivity contribution is 0.268. The number of H-pyrrole nitrogens is 1. The predicted molar refractivity (Wildman–Crippen MR) is 83.3 cm³/mol. The molecule has 1 aliphatic heterocycles. The van der Waals surface area contributed by atoms with Gasteiger partial charge in [0.15, 0.2) is 5.65 Å². The first kappa shape index (κ1) is 12.6. The van der Waals surface area contributed by atoms with Crippen LogP contribution in [0.5, 0.6) is 0 Å². The highest BCUT2D eigenvalue weighted by Crippen LogP contribution is 2.47. The molecule has 2 aliphatic rings. The maximum atomic E-state index is 11.9. The molecule has 7 nitrogen and oxygen atoms in total. The van der Waals surface area contributed by atoms with Gasteiger partial charge < -0.3 is 4.74 Å². The molecule has 1 fully saturated rings. The number of nitrogens with zero attached hydrogens (tertiary/aromatic N) is 4. The summed E-state index contributed by atoms with van der Waals surface area (Å²) in [6, 6.07) is 3.75. The van der Waals surface area contributed by atoms with Gasteiger partial charge in [-0.15, -0.1) is 0 Å². The molecule has 2 atom stereocenters. The van der Waals surface area contributed by atoms with Crippen LogP contribution in [0.15, 0.2) is 35.5 Å². The van der Waals surface area contributed by atoms with E-state index in [4.69, 9.17) is 4.74 Å². The summed E-state index contributed by atoms with van der Waals surface area (Å²) in [5.41, 5.74) is 3.39. The van der Waals surface area contributed by atoms with E-state index < -0.39 is 0 Å². The lowest BCUT2D eigenvalue weighted by atomic mass is 10.1. The summed E-state index contributed by atoms with van der Waals surface area (Å²) in [5, 5.41) is 0. The molecule has 0 amide bonds. The van der Waals surface area contributed by atoms with E-state index in [2.05, 4.69) is 26.0 Å². The van der Waals surface area contributed by atoms with Crippen molar-refractivity contribution in [2.24, 2.45) is 13.0 Å². The summed E-state index contributed by atoms with van der Waals surface area (Å²) in [4.78, 5) is 27.6. The zero-order chi connectivity index (χ0) is 15.6. The highest BCUT2D eigenvalue weighted by atomic mass is 16.5. The number of ether oxygens (including phenoxy) is 1. The smallest absolute Gasteiger partial charge is 0.327 e. The highest BCUT2D eigenvalue weighted by molar-refractivity contribution is 5.85. The first-order chi connectivity index (χ1) is 11.2. The Bertz CT molecular complexity index is 1020. The molecule has 23 heavy (non-hydrogen) atoms. The van der Waals surface area contributed by atoms with Crippen molar-refractivity contribution in [2.45, 2.75) is 12.5 Å². The molecule has 1 aliphatic carbocycles. The molecule has 1 N–H and O–H groups in total. The van der Waals surface area contributed by atoms with E-state index in [9.17, 15) is 4.79 Å². The predicted octanol–water partition coefficient (Wildman–Crippen LogP) is 1.48. The van der Waals surface area contributed by atoms with Gasteiger partial charge in [0.25, 0.3) is 0 Å². The fourth-order valence-electron chi connectivity index (χ4n) is 3.01. The molecule has 3 aromatic rings. The highest BCUT2D eigenvalue weighted by Gasteiger charge is 2.44. The van der Waals surface area contributed by atoms with Crippen molar-refractivity contribution < 1.29 is 4.74 Å². The third kappa shape index (κ3) is 1.82. The van der Waals surface area contributed by atoms with Crippen LogP contribution in [-0.4, -0.2) is 30.6 Å². The normalized spacial score (nSPS) is 21.9. The summed E-state index contributed by atoms with van der Waals surface area (Å²) >= 11 is 0. The number of aryl methyl sites for hydroxylation is 1. The zero-order valence-electron chi connectivity index (χ0n) is 12.4. The van der Waals surface area contributed by atoms with Crippen LogP contribution in [0.1, 0.15) is 12.1 Å². The number of nitrogens with one attached hydrogen (secondary N) is 1. The molecule has 114 valence electrons. The molecule has 1 saturated carbocycles. The van der Waals surface area contributed by atoms with Crippen LogP contribution in [-0.2, 0) is 11.8 Å². The van der Waals surface area contributed by atoms with E-state index in [0.717, 1.165) is 29.0 Å². The van der Waals surface area contributed by atoms with Crippen molar-refractivity contribution in [3.05, 3.63) is 46.9 Å². The molecule has 5 rings (SSSR count). The van der Waals surface area contributed by atoms with Gasteiger partial charge in [0, 0.05) is 24.7 Å². The molecule has 4 heterocycles. The number of hydrogen-bond acceptors (Lipinski definition) is 5. The Labute approximate surface area is 130 Å². The van der Waals surface area contributed by atoms with E-state index in [1.54, 1.807) is 13.2 Å². The molecule has 3 aromatic heterocycles. The quantitative estimate of drug-likeness (QED) is 0.775. The number of aromatic nitrogens is 5. The van der Waals surface area contributed by atoms with Crippen LogP contribution in [0, 0.1) is 5.92 Å². The lowest BCUT2D eigenvalue weighted by Gasteiger charge is -2.11. The number of aromatic amines is 1. The molecular weight excluding hydrogens is 294 g/mol. The maximum Gasteiger partial charge on any atom is 0.327 e. The van der Waals surface area contributed by atoms with Gasteiger partial charge in [-0.1, -0.05) is 0 Å². The summed E-state index contributed by atoms with van der Waals surface area (Å²) in [7, 11) is 1.72. The summed E-state index contributed by atoms with van der Waals surface area (Å²) in [5.74, 6) is 1.27. The van der Waals surface area contributed by atoms with Crippen LogP contribution < -0.4 is 5.69 Å². The lowest BCUT2D eigenvalue weighted by Crippen LogP contribution is -2.11. The Morgan fingerprint density at radius 1 is 1.43 bits per heavy atom. The fraction of sp³-hybridized carbons (Fsp3) is 0.250. The third-order valence-electron chi connectivity index (χ3n) is 4.41. The monoisotopic (exact) mass is 307 g/mol. The number of pyridine rings is 1. The van der Waals surface area contributed by atoms with E-state index in [0.29, 0.717) is 17.3 Å². The van der Waals surface area contributed by atoms with Crippen molar-refractivity contribution in [3.63, 3.8) is 0 Å². The van der Waals surface area contributed by atoms with Crippen LogP contribution >= 0.6 is 0 Å². The van der Waals surface area contributed by atoms with Gasteiger partial charge in [-0.2, -0.15) is 0 Å². The van der Waals surface area contributed by atoms with Crippen molar-refractivity contribution >= 4 is 16.9 Å². The van der Waals surface area contributed by atoms with Gasteiger partial charge in [-0.05, 0) is 24.6 Å². The second-order valence-corrected chi connectivity index (χ2v) is 5.92. The number of rotatable bonds is 2. The summed E-state index contributed by atoms with van der Waals surface area (Å²) in [6.07, 6.45) is 6.67. The van der Waals surface area contributed by atoms with E-state index in [-0.39, 0.29) is 11.8 Å². The molecule has 0 spiro atoms. The molecule has 0 radical (unpaired) electrons. The van der Waals surface area contributed by atoms with Crippen LogP contribution in [0.3, 0.4) is 0 Å². The second-order valence-electron chi connectivity index (χ2n) is 5.92. The van der Waals surface area contributed by atoms with Crippen LogP contribution in [0.4, 0.5) is 0 Å². The molecule has 2 unspecified atom stereocenters. The average molecular weight is 307 g/mol. The van der Waals surface area contributed by atoms with Crippen molar-refractivity contribution in [1.29, 1.82) is 0 Å². The minimum absolute atomic E-state index is 0.192. The Balaban J connectivity index is 1.80. The number of hydrogen-bond donors (Lipinski definition) is 1. The average Bonchev–Trinajstić information content (AvgIpc) is 3.09. The van der Waals surface area contributed by atoms with Gasteiger partial charge in [0.2, 0.25) is 0 Å². The van der Waals surface area contributed by atoms with Gasteiger partial charge in [0.1, 0.15) is 23.9 Å². The van der Waals surface area contributed by atoms with E-state index in [1.807, 2.05) is 12.1 Å². The van der Waals surface area contributed by atoms with Gasteiger partial charge >= 0.3 is 5.69 Å². The second kappa shape index (κ2) is 4.28. The summed E-state index contributed by atoms with van der Waals surface area (Å²) < 4.78 is 7.47. The minimum atomic E-state index is -0.192. The maximum absolute atomic E-state index is 11.9. The SMILES string of the molecule is Cn1c(=O)[nH]c2nc(C3=CC4CC4O3)c(-c3ccncn3)cc21. The molecule has 7 heteroatoms. The fourth-order valence-corrected chi connectivity index (χ4v) is 3.01. The number of fused-ring (bicyclic) bond motifs is 2. The minimum Gasteiger partial charge on any atom is -0.488 e. The Hall–Kier alpha value is -2.96. The Morgan fingerprint density at radius 2 is 2.35 bits per heavy atom. The van der Waals surface area contributed by atoms with Crippen molar-refractivity contribution in [2.75, 3.05) is 0 Å². The number of imidazole rings is 1. The molecule has 0 bridgehead atoms. The third-order valence-corrected chi connectivity index (χ3v) is 4.41. The Kier molecular flexibility index (Phi) is 2.34. The Morgan fingerprint density at radius 3 is 3.09 bits per heavy atom. The molecule has 0 aromatic carbocycles.